The molecule has 1 aliphatic carbocycles. The van der Waals surface area contributed by atoms with Gasteiger partial charge in [0, 0.05) is 9.79 Å². The van der Waals surface area contributed by atoms with Crippen molar-refractivity contribution in [3.05, 3.63) is 119 Å². The van der Waals surface area contributed by atoms with Crippen LogP contribution in [0.3, 0.4) is 0 Å². The van der Waals surface area contributed by atoms with E-state index in [1.807, 2.05) is 11.8 Å². The van der Waals surface area contributed by atoms with Crippen LogP contribution in [0.1, 0.15) is 22.3 Å². The highest BCUT2D eigenvalue weighted by molar-refractivity contribution is 7.99. The fraction of sp³-hybridized carbons (Fsp3) is 0.0370. The van der Waals surface area contributed by atoms with Crippen LogP contribution < -0.4 is 0 Å². The lowest BCUT2D eigenvalue weighted by molar-refractivity contribution is 0.725. The average Bonchev–Trinajstić information content (AvgIpc) is 3.06. The van der Waals surface area contributed by atoms with Gasteiger partial charge in [0.05, 0.1) is 5.41 Å². The second kappa shape index (κ2) is 5.06. The van der Waals surface area contributed by atoms with E-state index in [0.29, 0.717) is 0 Å². The van der Waals surface area contributed by atoms with Gasteiger partial charge in [-0.15, -0.1) is 0 Å². The maximum Gasteiger partial charge on any atom is 0.0735 e. The van der Waals surface area contributed by atoms with Gasteiger partial charge < -0.3 is 0 Å². The average molecular weight is 372 g/mol. The molecule has 0 amide bonds. The zero-order chi connectivity index (χ0) is 18.3. The zero-order valence-corrected chi connectivity index (χ0v) is 16.0. The molecule has 0 saturated carbocycles. The third-order valence-corrected chi connectivity index (χ3v) is 7.65. The van der Waals surface area contributed by atoms with Crippen molar-refractivity contribution in [3.63, 3.8) is 0 Å². The van der Waals surface area contributed by atoms with E-state index in [9.17, 15) is 0 Å². The molecule has 7 rings (SSSR count). The lowest BCUT2D eigenvalue weighted by Gasteiger charge is -2.39. The first-order valence-electron chi connectivity index (χ1n) is 9.71. The van der Waals surface area contributed by atoms with E-state index >= 15 is 0 Å². The Bertz CT molecular complexity index is 1330. The van der Waals surface area contributed by atoms with Crippen molar-refractivity contribution in [1.29, 1.82) is 0 Å². The van der Waals surface area contributed by atoms with Gasteiger partial charge in [0.1, 0.15) is 0 Å². The number of rotatable bonds is 0. The highest BCUT2D eigenvalue weighted by Crippen LogP contribution is 2.61. The van der Waals surface area contributed by atoms with Crippen molar-refractivity contribution in [3.8, 4) is 0 Å². The molecule has 1 aliphatic heterocycles. The zero-order valence-electron chi connectivity index (χ0n) is 15.1. The van der Waals surface area contributed by atoms with E-state index in [1.54, 1.807) is 0 Å². The summed E-state index contributed by atoms with van der Waals surface area (Å²) in [5.41, 5.74) is 5.44. The fourth-order valence-corrected chi connectivity index (χ4v) is 6.69. The van der Waals surface area contributed by atoms with Crippen molar-refractivity contribution < 1.29 is 0 Å². The van der Waals surface area contributed by atoms with Gasteiger partial charge in [-0.2, -0.15) is 0 Å². The Balaban J connectivity index is 1.80. The molecular weight excluding hydrogens is 356 g/mol. The lowest BCUT2D eigenvalue weighted by Crippen LogP contribution is -2.32. The van der Waals surface area contributed by atoms with E-state index in [0.717, 1.165) is 0 Å². The lowest BCUT2D eigenvalue weighted by atomic mass is 9.67. The van der Waals surface area contributed by atoms with E-state index in [4.69, 9.17) is 0 Å². The molecule has 2 aliphatic rings. The van der Waals surface area contributed by atoms with E-state index < -0.39 is 0 Å². The highest BCUT2D eigenvalue weighted by atomic mass is 32.2. The maximum absolute atomic E-state index is 2.35. The number of hydrogen-bond donors (Lipinski definition) is 0. The third kappa shape index (κ3) is 1.57. The Labute approximate surface area is 167 Å². The summed E-state index contributed by atoms with van der Waals surface area (Å²) in [5.74, 6) is 0. The smallest absolute Gasteiger partial charge is 0.0735 e. The van der Waals surface area contributed by atoms with Gasteiger partial charge in [0.25, 0.3) is 0 Å². The van der Waals surface area contributed by atoms with Gasteiger partial charge in [-0.05, 0) is 55.9 Å². The van der Waals surface area contributed by atoms with Crippen LogP contribution in [-0.2, 0) is 5.41 Å². The first kappa shape index (κ1) is 15.0. The molecule has 0 unspecified atom stereocenters. The minimum atomic E-state index is -0.235. The van der Waals surface area contributed by atoms with Crippen molar-refractivity contribution in [1.82, 2.24) is 0 Å². The van der Waals surface area contributed by atoms with Gasteiger partial charge in [-0.25, -0.2) is 0 Å². The van der Waals surface area contributed by atoms with Crippen LogP contribution in [0.5, 0.6) is 0 Å². The van der Waals surface area contributed by atoms with E-state index in [1.165, 1.54) is 53.6 Å². The molecule has 0 bridgehead atoms. The Kier molecular flexibility index (Phi) is 2.71. The summed E-state index contributed by atoms with van der Waals surface area (Å²) in [6, 6.07) is 36.2. The molecule has 1 heterocycles. The molecule has 0 saturated heterocycles. The van der Waals surface area contributed by atoms with Crippen molar-refractivity contribution in [2.45, 2.75) is 15.2 Å². The minimum absolute atomic E-state index is 0.235. The van der Waals surface area contributed by atoms with Gasteiger partial charge in [0.2, 0.25) is 0 Å². The van der Waals surface area contributed by atoms with Crippen LogP contribution in [-0.4, -0.2) is 0 Å². The second-order valence-corrected chi connectivity index (χ2v) is 8.80. The number of fused-ring (bicyclic) bond motifs is 6. The molecule has 0 radical (unpaired) electrons. The van der Waals surface area contributed by atoms with Crippen molar-refractivity contribution in [2.24, 2.45) is 0 Å². The van der Waals surface area contributed by atoms with E-state index in [-0.39, 0.29) is 5.41 Å². The molecule has 0 N–H and O–H groups in total. The summed E-state index contributed by atoms with van der Waals surface area (Å²) < 4.78 is 0. The normalized spacial score (nSPS) is 15.3. The summed E-state index contributed by atoms with van der Waals surface area (Å²) in [6.07, 6.45) is 0. The first-order valence-corrected chi connectivity index (χ1v) is 10.5. The molecule has 130 valence electrons. The van der Waals surface area contributed by atoms with Gasteiger partial charge in [-0.1, -0.05) is 96.7 Å². The Morgan fingerprint density at radius 3 is 1.43 bits per heavy atom. The molecular formula is C27H16S. The minimum Gasteiger partial charge on any atom is -0.0894 e. The molecule has 28 heavy (non-hydrogen) atoms. The molecule has 1 spiro atoms. The first-order chi connectivity index (χ1) is 13.9. The van der Waals surface area contributed by atoms with Crippen LogP contribution in [0.4, 0.5) is 0 Å². The Hall–Kier alpha value is -3.03. The summed E-state index contributed by atoms with van der Waals surface area (Å²) >= 11 is 1.90. The fourth-order valence-electron chi connectivity index (χ4n) is 5.50. The van der Waals surface area contributed by atoms with E-state index in [2.05, 4.69) is 97.1 Å². The molecule has 0 nitrogen and oxygen atoms in total. The van der Waals surface area contributed by atoms with Crippen LogP contribution in [0.15, 0.2) is 107 Å². The Morgan fingerprint density at radius 2 is 0.893 bits per heavy atom. The number of benzene rings is 5. The summed E-state index contributed by atoms with van der Waals surface area (Å²) in [6.45, 7) is 0. The summed E-state index contributed by atoms with van der Waals surface area (Å²) in [7, 11) is 0. The topological polar surface area (TPSA) is 0 Å². The van der Waals surface area contributed by atoms with Crippen LogP contribution in [0.2, 0.25) is 0 Å². The third-order valence-electron chi connectivity index (χ3n) is 6.50. The largest absolute Gasteiger partial charge is 0.0894 e. The van der Waals surface area contributed by atoms with Crippen LogP contribution in [0.25, 0.3) is 21.5 Å². The second-order valence-electron chi connectivity index (χ2n) is 7.72. The SMILES string of the molecule is c1ccc2c(c1)Sc1ccccc1C21c2cccc3ccc4cccc1c4c23. The summed E-state index contributed by atoms with van der Waals surface area (Å²) in [4.78, 5) is 2.73. The molecule has 0 atom stereocenters. The molecule has 0 aromatic heterocycles. The Morgan fingerprint density at radius 1 is 0.429 bits per heavy atom. The molecule has 5 aromatic rings. The molecule has 1 heteroatoms. The van der Waals surface area contributed by atoms with Crippen LogP contribution in [0, 0.1) is 0 Å². The monoisotopic (exact) mass is 372 g/mol. The highest BCUT2D eigenvalue weighted by Gasteiger charge is 2.48. The molecule has 0 fully saturated rings. The van der Waals surface area contributed by atoms with Gasteiger partial charge in [-0.3, -0.25) is 0 Å². The number of hydrogen-bond acceptors (Lipinski definition) is 1. The predicted octanol–water partition coefficient (Wildman–Crippen LogP) is 7.15. The van der Waals surface area contributed by atoms with Crippen LogP contribution >= 0.6 is 11.8 Å². The summed E-state index contributed by atoms with van der Waals surface area (Å²) in [5, 5.41) is 5.52. The quantitative estimate of drug-likeness (QED) is 0.255. The van der Waals surface area contributed by atoms with Crippen molar-refractivity contribution in [2.75, 3.05) is 0 Å². The predicted molar refractivity (Wildman–Crippen MR) is 117 cm³/mol. The van der Waals surface area contributed by atoms with Gasteiger partial charge >= 0.3 is 0 Å². The standard InChI is InChI=1S/C27H16S/c1-3-13-23-19(9-1)27(20-10-2-4-14-24(20)28-23)21-11-5-7-17-15-16-18-8-6-12-22(27)26(18)25(17)21/h1-16H. The van der Waals surface area contributed by atoms with Gasteiger partial charge in [0.15, 0.2) is 0 Å². The molecule has 5 aromatic carbocycles. The van der Waals surface area contributed by atoms with Crippen molar-refractivity contribution >= 4 is 33.3 Å². The maximum atomic E-state index is 2.35.